The lowest BCUT2D eigenvalue weighted by molar-refractivity contribution is -0.167. The fourth-order valence-electron chi connectivity index (χ4n) is 6.48. The molecular formula is C54H90O6. The van der Waals surface area contributed by atoms with Crippen LogP contribution in [0.25, 0.3) is 0 Å². The average molecular weight is 835 g/mol. The fourth-order valence-corrected chi connectivity index (χ4v) is 6.48. The number of hydrogen-bond acceptors (Lipinski definition) is 6. The molecule has 0 aromatic carbocycles. The van der Waals surface area contributed by atoms with Gasteiger partial charge in [-0.15, -0.1) is 0 Å². The summed E-state index contributed by atoms with van der Waals surface area (Å²) < 4.78 is 16.6. The first kappa shape index (κ1) is 56.6. The Labute approximate surface area is 369 Å². The third kappa shape index (κ3) is 45.7. The van der Waals surface area contributed by atoms with Crippen LogP contribution in [0, 0.1) is 0 Å². The molecule has 0 heterocycles. The second kappa shape index (κ2) is 48.3. The number of carbonyl (C=O) groups excluding carboxylic acids is 3. The summed E-state index contributed by atoms with van der Waals surface area (Å²) in [6.45, 7) is 6.43. The molecule has 0 aromatic rings. The van der Waals surface area contributed by atoms with Crippen molar-refractivity contribution < 1.29 is 28.6 Å². The molecule has 0 bridgehead atoms. The van der Waals surface area contributed by atoms with Gasteiger partial charge in [0.25, 0.3) is 0 Å². The van der Waals surface area contributed by atoms with Crippen LogP contribution in [0.2, 0.25) is 0 Å². The molecule has 0 aromatic heterocycles. The molecule has 0 spiro atoms. The van der Waals surface area contributed by atoms with Gasteiger partial charge in [-0.1, -0.05) is 209 Å². The lowest BCUT2D eigenvalue weighted by atomic mass is 10.1. The van der Waals surface area contributed by atoms with Gasteiger partial charge in [0.05, 0.1) is 0 Å². The Bertz CT molecular complexity index is 1190. The number of esters is 3. The van der Waals surface area contributed by atoms with Gasteiger partial charge in [0.2, 0.25) is 0 Å². The molecule has 60 heavy (non-hydrogen) atoms. The summed E-state index contributed by atoms with van der Waals surface area (Å²) in [6.07, 6.45) is 61.6. The molecule has 0 saturated heterocycles. The molecule has 6 nitrogen and oxygen atoms in total. The van der Waals surface area contributed by atoms with E-state index in [1.165, 1.54) is 70.6 Å². The third-order valence-electron chi connectivity index (χ3n) is 10.2. The molecule has 0 N–H and O–H groups in total. The summed E-state index contributed by atoms with van der Waals surface area (Å²) in [7, 11) is 0. The summed E-state index contributed by atoms with van der Waals surface area (Å²) in [5.74, 6) is -0.931. The Balaban J connectivity index is 4.27. The maximum absolute atomic E-state index is 12.7. The van der Waals surface area contributed by atoms with Crippen molar-refractivity contribution >= 4 is 17.9 Å². The van der Waals surface area contributed by atoms with Crippen molar-refractivity contribution in [2.75, 3.05) is 13.2 Å². The van der Waals surface area contributed by atoms with Crippen molar-refractivity contribution in [1.82, 2.24) is 0 Å². The van der Waals surface area contributed by atoms with Crippen LogP contribution in [0.15, 0.2) is 85.1 Å². The quantitative estimate of drug-likeness (QED) is 0.0263. The first-order valence-corrected chi connectivity index (χ1v) is 24.6. The minimum Gasteiger partial charge on any atom is -0.462 e. The van der Waals surface area contributed by atoms with Gasteiger partial charge in [-0.3, -0.25) is 14.4 Å². The van der Waals surface area contributed by atoms with Crippen LogP contribution in [0.4, 0.5) is 0 Å². The van der Waals surface area contributed by atoms with E-state index in [-0.39, 0.29) is 31.1 Å². The highest BCUT2D eigenvalue weighted by atomic mass is 16.6. The number of unbranched alkanes of at least 4 members (excludes halogenated alkanes) is 18. The number of hydrogen-bond donors (Lipinski definition) is 0. The molecule has 0 aliphatic heterocycles. The van der Waals surface area contributed by atoms with E-state index in [2.05, 4.69) is 106 Å². The Kier molecular flexibility index (Phi) is 45.5. The second-order valence-electron chi connectivity index (χ2n) is 16.0. The number of allylic oxidation sites excluding steroid dienone is 14. The van der Waals surface area contributed by atoms with Crippen molar-refractivity contribution in [3.05, 3.63) is 85.1 Å². The van der Waals surface area contributed by atoms with Crippen LogP contribution in [0.1, 0.15) is 220 Å². The summed E-state index contributed by atoms with van der Waals surface area (Å²) in [5.41, 5.74) is 0. The second-order valence-corrected chi connectivity index (χ2v) is 16.0. The van der Waals surface area contributed by atoms with E-state index in [4.69, 9.17) is 14.2 Å². The van der Waals surface area contributed by atoms with Crippen molar-refractivity contribution in [2.24, 2.45) is 0 Å². The van der Waals surface area contributed by atoms with E-state index in [1.807, 2.05) is 0 Å². The normalized spacial score (nSPS) is 12.8. The minimum absolute atomic E-state index is 0.0858. The summed E-state index contributed by atoms with van der Waals surface area (Å²) in [4.78, 5) is 37.6. The van der Waals surface area contributed by atoms with Crippen LogP contribution >= 0.6 is 0 Å². The molecule has 0 saturated carbocycles. The molecule has 0 rings (SSSR count). The summed E-state index contributed by atoms with van der Waals surface area (Å²) in [5, 5.41) is 0. The summed E-state index contributed by atoms with van der Waals surface area (Å²) in [6, 6.07) is 0. The molecule has 342 valence electrons. The zero-order chi connectivity index (χ0) is 43.7. The molecule has 1 unspecified atom stereocenters. The van der Waals surface area contributed by atoms with E-state index in [0.29, 0.717) is 19.3 Å². The lowest BCUT2D eigenvalue weighted by Crippen LogP contribution is -2.30. The maximum atomic E-state index is 12.7. The molecule has 0 fully saturated rings. The molecule has 1 atom stereocenters. The van der Waals surface area contributed by atoms with E-state index < -0.39 is 6.10 Å². The van der Waals surface area contributed by atoms with Gasteiger partial charge >= 0.3 is 17.9 Å². The van der Waals surface area contributed by atoms with Crippen molar-refractivity contribution in [3.8, 4) is 0 Å². The van der Waals surface area contributed by atoms with Crippen LogP contribution < -0.4 is 0 Å². The van der Waals surface area contributed by atoms with Crippen molar-refractivity contribution in [2.45, 2.75) is 226 Å². The monoisotopic (exact) mass is 835 g/mol. The SMILES string of the molecule is CC/C=C\C/C=C\C/C=C\C/C=C\C/C=C\C/C=C\C/C=C\CCCCCC(=O)OCC(COC(=O)CCCCCCCCCC)OC(=O)CCCCCCCCCCC. The van der Waals surface area contributed by atoms with Gasteiger partial charge in [-0.25, -0.2) is 0 Å². The molecular weight excluding hydrogens is 745 g/mol. The molecule has 6 heteroatoms. The van der Waals surface area contributed by atoms with E-state index >= 15 is 0 Å². The largest absolute Gasteiger partial charge is 0.462 e. The molecule has 0 radical (unpaired) electrons. The van der Waals surface area contributed by atoms with E-state index in [9.17, 15) is 14.4 Å². The lowest BCUT2D eigenvalue weighted by Gasteiger charge is -2.18. The number of carbonyl (C=O) groups is 3. The van der Waals surface area contributed by atoms with Crippen molar-refractivity contribution in [1.29, 1.82) is 0 Å². The average Bonchev–Trinajstić information content (AvgIpc) is 3.24. The first-order valence-electron chi connectivity index (χ1n) is 24.6. The Morgan fingerprint density at radius 3 is 1.02 bits per heavy atom. The van der Waals surface area contributed by atoms with Gasteiger partial charge in [0.1, 0.15) is 13.2 Å². The predicted octanol–water partition coefficient (Wildman–Crippen LogP) is 16.0. The highest BCUT2D eigenvalue weighted by Gasteiger charge is 2.19. The zero-order valence-corrected chi connectivity index (χ0v) is 38.9. The van der Waals surface area contributed by atoms with Gasteiger partial charge < -0.3 is 14.2 Å². The Morgan fingerprint density at radius 2 is 0.650 bits per heavy atom. The minimum atomic E-state index is -0.783. The van der Waals surface area contributed by atoms with Crippen LogP contribution in [-0.2, 0) is 28.6 Å². The highest BCUT2D eigenvalue weighted by Crippen LogP contribution is 2.13. The van der Waals surface area contributed by atoms with Gasteiger partial charge in [-0.05, 0) is 77.0 Å². The van der Waals surface area contributed by atoms with Gasteiger partial charge in [0.15, 0.2) is 6.10 Å². The number of rotatable bonds is 43. The zero-order valence-electron chi connectivity index (χ0n) is 38.9. The fraction of sp³-hybridized carbons (Fsp3) is 0.685. The molecule has 0 amide bonds. The summed E-state index contributed by atoms with van der Waals surface area (Å²) >= 11 is 0. The van der Waals surface area contributed by atoms with Crippen LogP contribution in [0.3, 0.4) is 0 Å². The standard InChI is InChI=1S/C54H90O6/c1-4-7-10-13-16-19-20-21-22-23-24-25-26-27-28-29-30-31-32-33-34-36-38-41-44-47-53(56)59-50-51(49-58-52(55)46-43-40-37-18-15-12-9-6-3)60-54(57)48-45-42-39-35-17-14-11-8-5-2/h7,10,16,19,21-22,24-25,27-28,30-31,33-34,51H,4-6,8-9,11-15,17-18,20,23,26,29,32,35-50H2,1-3H3/b10-7-,19-16-,22-21-,25-24-,28-27-,31-30-,34-33-. The first-order chi connectivity index (χ1) is 29.5. The predicted molar refractivity (Wildman–Crippen MR) is 256 cm³/mol. The topological polar surface area (TPSA) is 78.9 Å². The smallest absolute Gasteiger partial charge is 0.306 e. The van der Waals surface area contributed by atoms with E-state index in [0.717, 1.165) is 109 Å². The molecule has 0 aliphatic carbocycles. The van der Waals surface area contributed by atoms with Crippen LogP contribution in [-0.4, -0.2) is 37.2 Å². The highest BCUT2D eigenvalue weighted by molar-refractivity contribution is 5.71. The maximum Gasteiger partial charge on any atom is 0.306 e. The third-order valence-corrected chi connectivity index (χ3v) is 10.2. The van der Waals surface area contributed by atoms with E-state index in [1.54, 1.807) is 0 Å². The van der Waals surface area contributed by atoms with Crippen LogP contribution in [0.5, 0.6) is 0 Å². The van der Waals surface area contributed by atoms with Crippen molar-refractivity contribution in [3.63, 3.8) is 0 Å². The Hall–Kier alpha value is -3.41. The Morgan fingerprint density at radius 1 is 0.350 bits per heavy atom. The van der Waals surface area contributed by atoms with Gasteiger partial charge in [-0.2, -0.15) is 0 Å². The van der Waals surface area contributed by atoms with Gasteiger partial charge in [0, 0.05) is 19.3 Å². The molecule has 0 aliphatic rings. The number of ether oxygens (including phenoxy) is 3.